The normalized spacial score (nSPS) is 17.3. The first-order chi connectivity index (χ1) is 19.2. The van der Waals surface area contributed by atoms with Gasteiger partial charge in [0.2, 0.25) is 0 Å². The van der Waals surface area contributed by atoms with Gasteiger partial charge in [-0.15, -0.1) is 0 Å². The molecule has 0 bridgehead atoms. The Morgan fingerprint density at radius 1 is 0.923 bits per heavy atom. The molecule has 4 aromatic rings. The van der Waals surface area contributed by atoms with Crippen LogP contribution >= 0.6 is 0 Å². The highest BCUT2D eigenvalue weighted by molar-refractivity contribution is 6.00. The third-order valence-electron chi connectivity index (χ3n) is 7.43. The van der Waals surface area contributed by atoms with Crippen LogP contribution in [0.3, 0.4) is 0 Å². The van der Waals surface area contributed by atoms with Crippen molar-refractivity contribution in [2.75, 3.05) is 46.5 Å². The molecule has 1 aromatic heterocycles. The summed E-state index contributed by atoms with van der Waals surface area (Å²) in [5.41, 5.74) is 5.31. The number of methoxy groups -OCH3 is 1. The van der Waals surface area contributed by atoms with Crippen LogP contribution in [0.5, 0.6) is 11.5 Å². The van der Waals surface area contributed by atoms with Crippen molar-refractivity contribution in [2.24, 2.45) is 0 Å². The maximum atomic E-state index is 13.7. The average molecular weight is 525 g/mol. The molecule has 1 amide bonds. The second-order valence-corrected chi connectivity index (χ2v) is 9.79. The molecule has 1 saturated heterocycles. The molecule has 3 aromatic carbocycles. The molecule has 0 saturated carbocycles. The standard InChI is InChI=1S/C31H32N4O4/c1-37-25-11-7-23(8-12-25)28-27-29(33-32-28)31(36)35(16-15-34-17-19-38-20-18-34)30(27)24-9-13-26(14-10-24)39-21-22-5-3-2-4-6-22/h2-14,30H,15-21H2,1H3,(H,32,33). The number of hydrogen-bond donors (Lipinski definition) is 1. The van der Waals surface area contributed by atoms with Gasteiger partial charge in [-0.25, -0.2) is 0 Å². The Kier molecular flexibility index (Phi) is 7.29. The molecule has 2 aliphatic rings. The number of hydrogen-bond acceptors (Lipinski definition) is 6. The molecule has 8 heteroatoms. The van der Waals surface area contributed by atoms with Crippen LogP contribution in [0.1, 0.15) is 33.2 Å². The van der Waals surface area contributed by atoms with Gasteiger partial charge in [-0.2, -0.15) is 5.10 Å². The molecule has 39 heavy (non-hydrogen) atoms. The molecule has 1 unspecified atom stereocenters. The zero-order valence-electron chi connectivity index (χ0n) is 22.0. The minimum absolute atomic E-state index is 0.0278. The van der Waals surface area contributed by atoms with Gasteiger partial charge in [0.25, 0.3) is 5.91 Å². The fourth-order valence-electron chi connectivity index (χ4n) is 5.30. The fourth-order valence-corrected chi connectivity index (χ4v) is 5.30. The molecule has 0 radical (unpaired) electrons. The molecule has 8 nitrogen and oxygen atoms in total. The number of carbonyl (C=O) groups is 1. The summed E-state index contributed by atoms with van der Waals surface area (Å²) in [4.78, 5) is 18.0. The van der Waals surface area contributed by atoms with Gasteiger partial charge in [0.1, 0.15) is 23.8 Å². The largest absolute Gasteiger partial charge is 0.497 e. The lowest BCUT2D eigenvalue weighted by atomic mass is 9.96. The summed E-state index contributed by atoms with van der Waals surface area (Å²) in [6.45, 7) is 5.12. The summed E-state index contributed by atoms with van der Waals surface area (Å²) in [5.74, 6) is 1.53. The van der Waals surface area contributed by atoms with Crippen molar-refractivity contribution in [2.45, 2.75) is 12.6 Å². The van der Waals surface area contributed by atoms with E-state index in [0.29, 0.717) is 18.8 Å². The number of amides is 1. The van der Waals surface area contributed by atoms with E-state index in [1.807, 2.05) is 71.6 Å². The number of aromatic nitrogens is 2. The molecular weight excluding hydrogens is 492 g/mol. The summed E-state index contributed by atoms with van der Waals surface area (Å²) in [5, 5.41) is 7.64. The van der Waals surface area contributed by atoms with Crippen molar-refractivity contribution < 1.29 is 19.0 Å². The molecule has 1 atom stereocenters. The molecule has 1 fully saturated rings. The lowest BCUT2D eigenvalue weighted by Crippen LogP contribution is -2.42. The van der Waals surface area contributed by atoms with E-state index < -0.39 is 0 Å². The number of rotatable bonds is 9. The predicted molar refractivity (Wildman–Crippen MR) is 148 cm³/mol. The Morgan fingerprint density at radius 3 is 2.36 bits per heavy atom. The summed E-state index contributed by atoms with van der Waals surface area (Å²) in [7, 11) is 1.65. The highest BCUT2D eigenvalue weighted by atomic mass is 16.5. The van der Waals surface area contributed by atoms with E-state index in [2.05, 4.69) is 27.2 Å². The van der Waals surface area contributed by atoms with Crippen LogP contribution in [0.15, 0.2) is 78.9 Å². The van der Waals surface area contributed by atoms with Crippen molar-refractivity contribution in [3.8, 4) is 22.8 Å². The van der Waals surface area contributed by atoms with Gasteiger partial charge in [-0.1, -0.05) is 42.5 Å². The van der Waals surface area contributed by atoms with E-state index in [-0.39, 0.29) is 11.9 Å². The van der Waals surface area contributed by atoms with Gasteiger partial charge in [-0.3, -0.25) is 14.8 Å². The fraction of sp³-hybridized carbons (Fsp3) is 0.290. The van der Waals surface area contributed by atoms with Crippen molar-refractivity contribution in [3.05, 3.63) is 101 Å². The third-order valence-corrected chi connectivity index (χ3v) is 7.43. The first-order valence-corrected chi connectivity index (χ1v) is 13.3. The number of morpholine rings is 1. The molecule has 0 aliphatic carbocycles. The molecule has 6 rings (SSSR count). The van der Waals surface area contributed by atoms with Gasteiger partial charge in [0.05, 0.1) is 32.1 Å². The van der Waals surface area contributed by atoms with E-state index >= 15 is 0 Å². The van der Waals surface area contributed by atoms with E-state index in [1.54, 1.807) is 7.11 Å². The average Bonchev–Trinajstić information content (AvgIpc) is 3.55. The zero-order valence-corrected chi connectivity index (χ0v) is 22.0. The number of aromatic amines is 1. The van der Waals surface area contributed by atoms with Crippen LogP contribution in [-0.4, -0.2) is 72.4 Å². The lowest BCUT2D eigenvalue weighted by Gasteiger charge is -2.31. The summed E-state index contributed by atoms with van der Waals surface area (Å²) in [6, 6.07) is 25.7. The number of H-pyrrole nitrogens is 1. The molecule has 0 spiro atoms. The highest BCUT2D eigenvalue weighted by Crippen LogP contribution is 2.43. The van der Waals surface area contributed by atoms with Gasteiger partial charge in [0, 0.05) is 37.3 Å². The van der Waals surface area contributed by atoms with E-state index in [0.717, 1.165) is 72.3 Å². The number of carbonyl (C=O) groups excluding carboxylic acids is 1. The summed E-state index contributed by atoms with van der Waals surface area (Å²) >= 11 is 0. The van der Waals surface area contributed by atoms with Crippen molar-refractivity contribution >= 4 is 5.91 Å². The smallest absolute Gasteiger partial charge is 0.273 e. The van der Waals surface area contributed by atoms with E-state index in [4.69, 9.17) is 14.2 Å². The van der Waals surface area contributed by atoms with E-state index in [1.165, 1.54) is 0 Å². The van der Waals surface area contributed by atoms with Crippen LogP contribution in [0.2, 0.25) is 0 Å². The van der Waals surface area contributed by atoms with Gasteiger partial charge in [0.15, 0.2) is 0 Å². The Labute approximate surface area is 228 Å². The van der Waals surface area contributed by atoms with Crippen LogP contribution in [0, 0.1) is 0 Å². The number of fused-ring (bicyclic) bond motifs is 1. The molecule has 2 aliphatic heterocycles. The third kappa shape index (κ3) is 5.26. The van der Waals surface area contributed by atoms with Gasteiger partial charge >= 0.3 is 0 Å². The quantitative estimate of drug-likeness (QED) is 0.346. The van der Waals surface area contributed by atoms with Gasteiger partial charge < -0.3 is 19.1 Å². The second-order valence-electron chi connectivity index (χ2n) is 9.79. The van der Waals surface area contributed by atoms with E-state index in [9.17, 15) is 4.79 Å². The molecule has 1 N–H and O–H groups in total. The first-order valence-electron chi connectivity index (χ1n) is 13.3. The van der Waals surface area contributed by atoms with Crippen LogP contribution in [-0.2, 0) is 11.3 Å². The maximum Gasteiger partial charge on any atom is 0.273 e. The van der Waals surface area contributed by atoms with Crippen molar-refractivity contribution in [1.82, 2.24) is 20.0 Å². The Balaban J connectivity index is 1.30. The SMILES string of the molecule is COc1ccc(-c2n[nH]c3c2C(c2ccc(OCc4ccccc4)cc2)N(CCN2CCOCC2)C3=O)cc1. The number of benzene rings is 3. The van der Waals surface area contributed by atoms with Crippen LogP contribution in [0.4, 0.5) is 0 Å². The van der Waals surface area contributed by atoms with Gasteiger partial charge in [-0.05, 0) is 47.5 Å². The number of nitrogens with zero attached hydrogens (tertiary/aromatic N) is 3. The minimum Gasteiger partial charge on any atom is -0.497 e. The van der Waals surface area contributed by atoms with Crippen molar-refractivity contribution in [1.29, 1.82) is 0 Å². The molecule has 200 valence electrons. The maximum absolute atomic E-state index is 13.7. The Morgan fingerprint density at radius 2 is 1.64 bits per heavy atom. The number of nitrogens with one attached hydrogen (secondary N) is 1. The molecule has 3 heterocycles. The Hall–Kier alpha value is -4.14. The van der Waals surface area contributed by atoms with Crippen molar-refractivity contribution in [3.63, 3.8) is 0 Å². The second kappa shape index (κ2) is 11.3. The topological polar surface area (TPSA) is 79.9 Å². The minimum atomic E-state index is -0.257. The predicted octanol–water partition coefficient (Wildman–Crippen LogP) is 4.54. The Bertz CT molecular complexity index is 1400. The highest BCUT2D eigenvalue weighted by Gasteiger charge is 2.42. The number of ether oxygens (including phenoxy) is 3. The monoisotopic (exact) mass is 524 g/mol. The van der Waals surface area contributed by atoms with Crippen LogP contribution < -0.4 is 9.47 Å². The molecular formula is C31H32N4O4. The summed E-state index contributed by atoms with van der Waals surface area (Å²) < 4.78 is 16.9. The lowest BCUT2D eigenvalue weighted by molar-refractivity contribution is 0.0316. The van der Waals surface area contributed by atoms with Crippen LogP contribution in [0.25, 0.3) is 11.3 Å². The first kappa shape index (κ1) is 25.2. The summed E-state index contributed by atoms with van der Waals surface area (Å²) in [6.07, 6.45) is 0. The zero-order chi connectivity index (χ0) is 26.6.